The van der Waals surface area contributed by atoms with E-state index < -0.39 is 0 Å². The van der Waals surface area contributed by atoms with Crippen molar-refractivity contribution in [2.45, 2.75) is 18.9 Å². The third kappa shape index (κ3) is 3.13. The number of carbonyl (C=O) groups is 2. The SMILES string of the molecule is O=C1C(=C/C=C(\c2ccccc2)N2CCC[C@H]2CO)C(=O)c2ccccc21. The van der Waals surface area contributed by atoms with Gasteiger partial charge in [-0.15, -0.1) is 0 Å². The average molecular weight is 359 g/mol. The van der Waals surface area contributed by atoms with Crippen molar-refractivity contribution in [3.8, 4) is 0 Å². The van der Waals surface area contributed by atoms with Gasteiger partial charge in [-0.1, -0.05) is 54.6 Å². The van der Waals surface area contributed by atoms with Crippen LogP contribution < -0.4 is 0 Å². The molecule has 4 heteroatoms. The van der Waals surface area contributed by atoms with Crippen LogP contribution in [0.2, 0.25) is 0 Å². The summed E-state index contributed by atoms with van der Waals surface area (Å²) in [5, 5.41) is 9.72. The van der Waals surface area contributed by atoms with E-state index in [9.17, 15) is 14.7 Å². The molecule has 0 bridgehead atoms. The molecule has 1 fully saturated rings. The molecule has 1 aliphatic heterocycles. The number of allylic oxidation sites excluding steroid dienone is 3. The van der Waals surface area contributed by atoms with Gasteiger partial charge in [0.15, 0.2) is 11.6 Å². The van der Waals surface area contributed by atoms with Gasteiger partial charge in [0.2, 0.25) is 0 Å². The zero-order valence-electron chi connectivity index (χ0n) is 15.0. The van der Waals surface area contributed by atoms with Gasteiger partial charge >= 0.3 is 0 Å². The van der Waals surface area contributed by atoms with E-state index in [-0.39, 0.29) is 29.8 Å². The fourth-order valence-corrected chi connectivity index (χ4v) is 3.90. The van der Waals surface area contributed by atoms with Crippen molar-refractivity contribution in [2.75, 3.05) is 13.2 Å². The molecular weight excluding hydrogens is 338 g/mol. The number of aliphatic hydroxyl groups excluding tert-OH is 1. The summed E-state index contributed by atoms with van der Waals surface area (Å²) < 4.78 is 0. The number of benzene rings is 2. The predicted molar refractivity (Wildman–Crippen MR) is 104 cm³/mol. The molecule has 2 aromatic rings. The van der Waals surface area contributed by atoms with Crippen LogP contribution in [0.25, 0.3) is 5.70 Å². The number of aliphatic hydroxyl groups is 1. The number of hydrogen-bond acceptors (Lipinski definition) is 4. The van der Waals surface area contributed by atoms with Crippen molar-refractivity contribution < 1.29 is 14.7 Å². The minimum absolute atomic E-state index is 0.0574. The largest absolute Gasteiger partial charge is 0.394 e. The van der Waals surface area contributed by atoms with Gasteiger partial charge in [-0.05, 0) is 30.6 Å². The minimum atomic E-state index is -0.223. The van der Waals surface area contributed by atoms with Crippen LogP contribution in [0.1, 0.15) is 39.1 Å². The van der Waals surface area contributed by atoms with Crippen molar-refractivity contribution >= 4 is 17.3 Å². The average Bonchev–Trinajstić information content (AvgIpc) is 3.28. The highest BCUT2D eigenvalue weighted by Gasteiger charge is 2.32. The number of hydrogen-bond donors (Lipinski definition) is 1. The lowest BCUT2D eigenvalue weighted by molar-refractivity contribution is 0.0988. The monoisotopic (exact) mass is 359 g/mol. The Morgan fingerprint density at radius 1 is 1.00 bits per heavy atom. The molecule has 0 spiro atoms. The van der Waals surface area contributed by atoms with Crippen molar-refractivity contribution in [3.05, 3.63) is 89.0 Å². The van der Waals surface area contributed by atoms with Gasteiger partial charge in [-0.25, -0.2) is 0 Å². The molecule has 1 heterocycles. The summed E-state index contributed by atoms with van der Waals surface area (Å²) in [6.07, 6.45) is 5.43. The Hall–Kier alpha value is -2.98. The topological polar surface area (TPSA) is 57.6 Å². The highest BCUT2D eigenvalue weighted by Crippen LogP contribution is 2.30. The summed E-state index contributed by atoms with van der Waals surface area (Å²) in [5.74, 6) is -0.446. The lowest BCUT2D eigenvalue weighted by atomic mass is 10.1. The van der Waals surface area contributed by atoms with Gasteiger partial charge in [0.25, 0.3) is 0 Å². The molecule has 1 aliphatic carbocycles. The first-order chi connectivity index (χ1) is 13.2. The number of nitrogens with zero attached hydrogens (tertiary/aromatic N) is 1. The Balaban J connectivity index is 1.75. The summed E-state index contributed by atoms with van der Waals surface area (Å²) in [5.41, 5.74) is 3.07. The van der Waals surface area contributed by atoms with Crippen LogP contribution in [0.15, 0.2) is 72.3 Å². The third-order valence-corrected chi connectivity index (χ3v) is 5.28. The van der Waals surface area contributed by atoms with Gasteiger partial charge in [0.05, 0.1) is 18.2 Å². The van der Waals surface area contributed by atoms with Gasteiger partial charge in [-0.3, -0.25) is 9.59 Å². The van der Waals surface area contributed by atoms with E-state index in [0.29, 0.717) is 11.1 Å². The van der Waals surface area contributed by atoms with Gasteiger partial charge in [-0.2, -0.15) is 0 Å². The second-order valence-corrected chi connectivity index (χ2v) is 6.87. The Kier molecular flexibility index (Phi) is 4.73. The Morgan fingerprint density at radius 3 is 2.26 bits per heavy atom. The summed E-state index contributed by atoms with van der Waals surface area (Å²) in [6, 6.07) is 16.9. The molecule has 0 amide bonds. The number of Topliss-reactive ketones (excluding diaryl/α,β-unsaturated/α-hetero) is 2. The number of carbonyl (C=O) groups excluding carboxylic acids is 2. The summed E-state index contributed by atoms with van der Waals surface area (Å²) >= 11 is 0. The normalized spacial score (nSPS) is 19.6. The highest BCUT2D eigenvalue weighted by molar-refractivity contribution is 6.39. The predicted octanol–water partition coefficient (Wildman–Crippen LogP) is 3.49. The van der Waals surface area contributed by atoms with Crippen LogP contribution in [0.4, 0.5) is 0 Å². The minimum Gasteiger partial charge on any atom is -0.394 e. The molecule has 1 atom stereocenters. The number of fused-ring (bicyclic) bond motifs is 1. The molecule has 1 saturated heterocycles. The number of rotatable bonds is 4. The molecule has 136 valence electrons. The maximum absolute atomic E-state index is 12.6. The molecule has 4 nitrogen and oxygen atoms in total. The van der Waals surface area contributed by atoms with E-state index in [2.05, 4.69) is 4.90 Å². The van der Waals surface area contributed by atoms with E-state index in [4.69, 9.17) is 0 Å². The maximum atomic E-state index is 12.6. The lowest BCUT2D eigenvalue weighted by Gasteiger charge is -2.28. The first-order valence-corrected chi connectivity index (χ1v) is 9.24. The molecule has 2 aromatic carbocycles. The smallest absolute Gasteiger partial charge is 0.197 e. The molecule has 27 heavy (non-hydrogen) atoms. The summed E-state index contributed by atoms with van der Waals surface area (Å²) in [4.78, 5) is 27.4. The van der Waals surface area contributed by atoms with Crippen molar-refractivity contribution in [1.82, 2.24) is 4.90 Å². The quantitative estimate of drug-likeness (QED) is 0.671. The zero-order chi connectivity index (χ0) is 18.8. The standard InChI is InChI=1S/C23H21NO3/c25-15-17-9-6-14-24(17)21(16-7-2-1-3-8-16)13-12-20-22(26)18-10-4-5-11-19(18)23(20)27/h1-5,7-8,10-13,17,25H,6,9,14-15H2/b21-13+/t17-/m0/s1. The zero-order valence-corrected chi connectivity index (χ0v) is 15.0. The number of likely N-dealkylation sites (tertiary alicyclic amines) is 1. The first kappa shape index (κ1) is 17.4. The van der Waals surface area contributed by atoms with E-state index in [1.54, 1.807) is 30.3 Å². The van der Waals surface area contributed by atoms with Gasteiger partial charge in [0, 0.05) is 23.4 Å². The Bertz CT molecular complexity index is 906. The molecule has 0 radical (unpaired) electrons. The molecule has 0 unspecified atom stereocenters. The van der Waals surface area contributed by atoms with Crippen molar-refractivity contribution in [1.29, 1.82) is 0 Å². The molecule has 1 N–H and O–H groups in total. The number of ketones is 2. The summed E-state index contributed by atoms with van der Waals surface area (Å²) in [7, 11) is 0. The Morgan fingerprint density at radius 2 is 1.63 bits per heavy atom. The highest BCUT2D eigenvalue weighted by atomic mass is 16.3. The van der Waals surface area contributed by atoms with Crippen LogP contribution in [0, 0.1) is 0 Å². The lowest BCUT2D eigenvalue weighted by Crippen LogP contribution is -2.30. The second-order valence-electron chi connectivity index (χ2n) is 6.87. The van der Waals surface area contributed by atoms with Crippen LogP contribution >= 0.6 is 0 Å². The van der Waals surface area contributed by atoms with Gasteiger partial charge in [0.1, 0.15) is 0 Å². The van der Waals surface area contributed by atoms with Gasteiger partial charge < -0.3 is 10.0 Å². The molecule has 4 rings (SSSR count). The first-order valence-electron chi connectivity index (χ1n) is 9.24. The van der Waals surface area contributed by atoms with Crippen molar-refractivity contribution in [2.24, 2.45) is 0 Å². The second kappa shape index (κ2) is 7.33. The Labute approximate surface area is 158 Å². The maximum Gasteiger partial charge on any atom is 0.197 e. The third-order valence-electron chi connectivity index (χ3n) is 5.28. The fraction of sp³-hybridized carbons (Fsp3) is 0.217. The molecule has 0 aromatic heterocycles. The van der Waals surface area contributed by atoms with Crippen LogP contribution in [-0.2, 0) is 0 Å². The van der Waals surface area contributed by atoms with Crippen molar-refractivity contribution in [3.63, 3.8) is 0 Å². The van der Waals surface area contributed by atoms with E-state index in [0.717, 1.165) is 30.6 Å². The van der Waals surface area contributed by atoms with E-state index in [1.165, 1.54) is 0 Å². The molecular formula is C23H21NO3. The van der Waals surface area contributed by atoms with Crippen LogP contribution in [-0.4, -0.2) is 40.8 Å². The van der Waals surface area contributed by atoms with Crippen LogP contribution in [0.3, 0.4) is 0 Å². The summed E-state index contributed by atoms with van der Waals surface area (Å²) in [6.45, 7) is 0.932. The molecule has 0 saturated carbocycles. The van der Waals surface area contributed by atoms with E-state index >= 15 is 0 Å². The van der Waals surface area contributed by atoms with E-state index in [1.807, 2.05) is 36.4 Å². The molecule has 2 aliphatic rings. The van der Waals surface area contributed by atoms with Crippen LogP contribution in [0.5, 0.6) is 0 Å². The fourth-order valence-electron chi connectivity index (χ4n) is 3.90.